The number of pyridine rings is 2. The number of esters is 1. The minimum Gasteiger partial charge on any atom is -0.465 e. The van der Waals surface area contributed by atoms with Crippen LogP contribution in [0.1, 0.15) is 15.9 Å². The van der Waals surface area contributed by atoms with Crippen molar-refractivity contribution in [3.8, 4) is 0 Å². The van der Waals surface area contributed by atoms with Gasteiger partial charge in [-0.1, -0.05) is 29.8 Å². The lowest BCUT2D eigenvalue weighted by molar-refractivity contribution is 0.0602. The van der Waals surface area contributed by atoms with Gasteiger partial charge in [0.15, 0.2) is 0 Å². The summed E-state index contributed by atoms with van der Waals surface area (Å²) in [7, 11) is 1.35. The van der Waals surface area contributed by atoms with Crippen LogP contribution in [-0.4, -0.2) is 23.0 Å². The largest absolute Gasteiger partial charge is 0.465 e. The van der Waals surface area contributed by atoms with Crippen molar-refractivity contribution in [3.05, 3.63) is 71.0 Å². The summed E-state index contributed by atoms with van der Waals surface area (Å²) in [6.07, 6.45) is 3.20. The monoisotopic (exact) mass is 377 g/mol. The van der Waals surface area contributed by atoms with Gasteiger partial charge >= 0.3 is 5.97 Å². The second-order valence-electron chi connectivity index (χ2n) is 6.16. The molecule has 0 atom stereocenters. The Morgan fingerprint density at radius 2 is 1.93 bits per heavy atom. The molecule has 0 aliphatic carbocycles. The Bertz CT molecular complexity index is 1190. The van der Waals surface area contributed by atoms with Crippen molar-refractivity contribution < 1.29 is 9.53 Å². The van der Waals surface area contributed by atoms with E-state index in [4.69, 9.17) is 21.3 Å². The Kier molecular flexibility index (Phi) is 4.38. The van der Waals surface area contributed by atoms with E-state index in [2.05, 4.69) is 10.3 Å². The van der Waals surface area contributed by atoms with Crippen LogP contribution in [0.3, 0.4) is 0 Å². The number of hydrogen-bond acceptors (Lipinski definition) is 5. The number of fused-ring (bicyclic) bond motifs is 3. The number of aromatic nitrogens is 2. The predicted molar refractivity (Wildman–Crippen MR) is 108 cm³/mol. The summed E-state index contributed by atoms with van der Waals surface area (Å²) in [6, 6.07) is 13.3. The molecule has 6 heteroatoms. The summed E-state index contributed by atoms with van der Waals surface area (Å²) < 4.78 is 4.95. The number of ether oxygens (including phenoxy) is 1. The summed E-state index contributed by atoms with van der Waals surface area (Å²) >= 11 is 6.20. The van der Waals surface area contributed by atoms with Crippen LogP contribution in [0, 0.1) is 6.92 Å². The first kappa shape index (κ1) is 17.2. The van der Waals surface area contributed by atoms with Gasteiger partial charge in [-0.25, -0.2) is 9.78 Å². The molecule has 5 nitrogen and oxygen atoms in total. The zero-order valence-corrected chi connectivity index (χ0v) is 15.5. The first-order chi connectivity index (χ1) is 13.1. The van der Waals surface area contributed by atoms with E-state index < -0.39 is 5.97 Å². The zero-order valence-electron chi connectivity index (χ0n) is 14.8. The van der Waals surface area contributed by atoms with E-state index in [1.807, 2.05) is 37.3 Å². The maximum absolute atomic E-state index is 12.3. The quantitative estimate of drug-likeness (QED) is 0.389. The Balaban J connectivity index is 2.06. The van der Waals surface area contributed by atoms with E-state index in [1.54, 1.807) is 18.3 Å². The van der Waals surface area contributed by atoms with Crippen LogP contribution in [0.2, 0.25) is 5.02 Å². The van der Waals surface area contributed by atoms with Crippen LogP contribution in [0.25, 0.3) is 21.7 Å². The molecule has 1 N–H and O–H groups in total. The molecule has 0 spiro atoms. The number of nitrogens with one attached hydrogen (secondary N) is 1. The fourth-order valence-electron chi connectivity index (χ4n) is 3.12. The third-order valence-corrected chi connectivity index (χ3v) is 4.70. The Morgan fingerprint density at radius 1 is 1.11 bits per heavy atom. The molecule has 0 aliphatic rings. The minimum absolute atomic E-state index is 0.373. The molecular formula is C21H16ClN3O2. The average Bonchev–Trinajstić information content (AvgIpc) is 2.69. The average molecular weight is 378 g/mol. The van der Waals surface area contributed by atoms with E-state index in [0.29, 0.717) is 21.8 Å². The van der Waals surface area contributed by atoms with Crippen LogP contribution in [0.4, 0.5) is 11.5 Å². The minimum atomic E-state index is -0.456. The number of halogens is 1. The third-order valence-electron chi connectivity index (χ3n) is 4.46. The molecule has 134 valence electrons. The van der Waals surface area contributed by atoms with E-state index in [0.717, 1.165) is 27.5 Å². The molecule has 2 aromatic carbocycles. The molecule has 0 saturated carbocycles. The lowest BCUT2D eigenvalue weighted by Crippen LogP contribution is -2.05. The number of anilines is 2. The summed E-state index contributed by atoms with van der Waals surface area (Å²) in [5.74, 6) is 0.162. The molecule has 0 unspecified atom stereocenters. The smallest absolute Gasteiger partial charge is 0.340 e. The van der Waals surface area contributed by atoms with Crippen LogP contribution >= 0.6 is 11.6 Å². The maximum atomic E-state index is 12.3. The summed E-state index contributed by atoms with van der Waals surface area (Å²) in [4.78, 5) is 21.3. The number of aryl methyl sites for hydroxylation is 1. The number of rotatable bonds is 3. The molecule has 2 heterocycles. The highest BCUT2D eigenvalue weighted by Gasteiger charge is 2.18. The topological polar surface area (TPSA) is 64.1 Å². The second-order valence-corrected chi connectivity index (χ2v) is 6.60. The van der Waals surface area contributed by atoms with Crippen molar-refractivity contribution in [2.45, 2.75) is 6.92 Å². The van der Waals surface area contributed by atoms with Gasteiger partial charge < -0.3 is 10.1 Å². The van der Waals surface area contributed by atoms with Crippen LogP contribution < -0.4 is 5.32 Å². The van der Waals surface area contributed by atoms with E-state index in [-0.39, 0.29) is 0 Å². The van der Waals surface area contributed by atoms with Crippen molar-refractivity contribution in [1.82, 2.24) is 9.97 Å². The van der Waals surface area contributed by atoms with Gasteiger partial charge in [-0.2, -0.15) is 0 Å². The first-order valence-electron chi connectivity index (χ1n) is 8.36. The highest BCUT2D eigenvalue weighted by atomic mass is 35.5. The highest BCUT2D eigenvalue weighted by molar-refractivity contribution is 6.32. The van der Waals surface area contributed by atoms with Gasteiger partial charge in [0.2, 0.25) is 0 Å². The molecule has 0 fully saturated rings. The van der Waals surface area contributed by atoms with Crippen LogP contribution in [0.15, 0.2) is 54.9 Å². The number of carbonyl (C=O) groups is 1. The molecule has 0 saturated heterocycles. The summed E-state index contributed by atoms with van der Waals surface area (Å²) in [5.41, 5.74) is 3.11. The van der Waals surface area contributed by atoms with Crippen molar-refractivity contribution in [2.24, 2.45) is 0 Å². The van der Waals surface area contributed by atoms with Gasteiger partial charge in [-0.3, -0.25) is 4.98 Å². The van der Waals surface area contributed by atoms with Crippen molar-refractivity contribution in [3.63, 3.8) is 0 Å². The zero-order chi connectivity index (χ0) is 19.0. The molecule has 2 aromatic heterocycles. The van der Waals surface area contributed by atoms with Crippen molar-refractivity contribution >= 4 is 50.8 Å². The fraction of sp³-hybridized carbons (Fsp3) is 0.0952. The normalized spacial score (nSPS) is 10.9. The van der Waals surface area contributed by atoms with Gasteiger partial charge in [0.05, 0.1) is 18.2 Å². The van der Waals surface area contributed by atoms with Crippen molar-refractivity contribution in [1.29, 1.82) is 0 Å². The SMILES string of the molecule is COC(=O)c1cncc2c(Nc3ccccc3C)nc3ccc(Cl)cc3c12. The van der Waals surface area contributed by atoms with Gasteiger partial charge in [0, 0.05) is 39.3 Å². The summed E-state index contributed by atoms with van der Waals surface area (Å²) in [5, 5.41) is 6.14. The first-order valence-corrected chi connectivity index (χ1v) is 8.74. The fourth-order valence-corrected chi connectivity index (χ4v) is 3.29. The molecule has 0 radical (unpaired) electrons. The standard InChI is InChI=1S/C21H16ClN3O2/c1-12-5-3-4-6-17(12)24-20-15-10-23-11-16(21(26)27-2)19(15)14-9-13(22)7-8-18(14)25-20/h3-11H,1-2H3,(H,24,25). The number of methoxy groups -OCH3 is 1. The number of nitrogens with zero attached hydrogens (tertiary/aromatic N) is 2. The van der Waals surface area contributed by atoms with E-state index in [1.165, 1.54) is 13.3 Å². The molecule has 0 amide bonds. The summed E-state index contributed by atoms with van der Waals surface area (Å²) in [6.45, 7) is 2.02. The number of carbonyl (C=O) groups excluding carboxylic acids is 1. The highest BCUT2D eigenvalue weighted by Crippen LogP contribution is 2.34. The van der Waals surface area contributed by atoms with Gasteiger partial charge in [-0.15, -0.1) is 0 Å². The van der Waals surface area contributed by atoms with Crippen LogP contribution in [0.5, 0.6) is 0 Å². The van der Waals surface area contributed by atoms with Gasteiger partial charge in [0.25, 0.3) is 0 Å². The Morgan fingerprint density at radius 3 is 2.70 bits per heavy atom. The van der Waals surface area contributed by atoms with Crippen LogP contribution in [-0.2, 0) is 4.74 Å². The number of hydrogen-bond donors (Lipinski definition) is 1. The second kappa shape index (κ2) is 6.85. The lowest BCUT2D eigenvalue weighted by atomic mass is 10.0. The van der Waals surface area contributed by atoms with E-state index in [9.17, 15) is 4.79 Å². The van der Waals surface area contributed by atoms with Crippen molar-refractivity contribution in [2.75, 3.05) is 12.4 Å². The maximum Gasteiger partial charge on any atom is 0.340 e. The molecule has 0 bridgehead atoms. The number of para-hydroxylation sites is 1. The predicted octanol–water partition coefficient (Wildman–Crippen LogP) is 5.28. The molecule has 27 heavy (non-hydrogen) atoms. The molecule has 4 aromatic rings. The lowest BCUT2D eigenvalue weighted by Gasteiger charge is -2.14. The Labute approximate surface area is 161 Å². The Hall–Kier alpha value is -3.18. The third kappa shape index (κ3) is 3.06. The molecular weight excluding hydrogens is 362 g/mol. The van der Waals surface area contributed by atoms with Gasteiger partial charge in [0.1, 0.15) is 5.82 Å². The van der Waals surface area contributed by atoms with E-state index >= 15 is 0 Å². The number of benzene rings is 2. The molecule has 4 rings (SSSR count). The molecule has 0 aliphatic heterocycles. The van der Waals surface area contributed by atoms with Gasteiger partial charge in [-0.05, 0) is 36.8 Å².